The van der Waals surface area contributed by atoms with Gasteiger partial charge in [0.25, 0.3) is 0 Å². The van der Waals surface area contributed by atoms with E-state index >= 15 is 0 Å². The molecule has 140 valence electrons. The third-order valence-corrected chi connectivity index (χ3v) is 4.80. The smallest absolute Gasteiger partial charge is 0.313 e. The average molecular weight is 382 g/mol. The third-order valence-electron chi connectivity index (χ3n) is 3.82. The van der Waals surface area contributed by atoms with Gasteiger partial charge in [0.2, 0.25) is 0 Å². The molecule has 0 spiro atoms. The summed E-state index contributed by atoms with van der Waals surface area (Å²) in [6.45, 7) is 7.63. The fourth-order valence-corrected chi connectivity index (χ4v) is 3.05. The normalized spacial score (nSPS) is 10.8. The van der Waals surface area contributed by atoms with Crippen LogP contribution in [0, 0.1) is 11.3 Å². The summed E-state index contributed by atoms with van der Waals surface area (Å²) in [6, 6.07) is 11.8. The maximum absolute atomic E-state index is 10.7. The molecule has 0 aliphatic carbocycles. The molecule has 0 atom stereocenters. The fraction of sp³-hybridized carbons (Fsp3) is 0.300. The highest BCUT2D eigenvalue weighted by molar-refractivity contribution is 8.00. The molecule has 0 bridgehead atoms. The number of thioether (sulfide) groups is 1. The summed E-state index contributed by atoms with van der Waals surface area (Å²) in [4.78, 5) is 23.4. The van der Waals surface area contributed by atoms with Crippen molar-refractivity contribution >= 4 is 28.6 Å². The minimum absolute atomic E-state index is 0.0291. The summed E-state index contributed by atoms with van der Waals surface area (Å²) in [5.74, 6) is -0.810. The number of rotatable bonds is 5. The molecular weight excluding hydrogens is 360 g/mol. The van der Waals surface area contributed by atoms with E-state index in [1.807, 2.05) is 58.0 Å². The summed E-state index contributed by atoms with van der Waals surface area (Å²) in [6.07, 6.45) is 1.46. The first-order valence-corrected chi connectivity index (χ1v) is 9.59. The zero-order valence-corrected chi connectivity index (χ0v) is 16.6. The average Bonchev–Trinajstić information content (AvgIpc) is 3.11. The predicted molar refractivity (Wildman–Crippen MR) is 108 cm³/mol. The molecule has 2 aromatic heterocycles. The number of nitriles is 1. The molecule has 0 unspecified atom stereocenters. The molecule has 0 saturated heterocycles. The highest BCUT2D eigenvalue weighted by Gasteiger charge is 2.22. The molecule has 6 nitrogen and oxygen atoms in total. The number of nitrogens with zero attached hydrogens (tertiary/aromatic N) is 3. The zero-order chi connectivity index (χ0) is 20.0. The van der Waals surface area contributed by atoms with Gasteiger partial charge in [-0.15, -0.1) is 11.8 Å². The lowest BCUT2D eigenvalue weighted by molar-refractivity contribution is -0.133. The number of nitrogens with one attached hydrogen (secondary N) is 1. The van der Waals surface area contributed by atoms with Crippen molar-refractivity contribution in [3.8, 4) is 17.5 Å². The van der Waals surface area contributed by atoms with Gasteiger partial charge >= 0.3 is 5.97 Å². The van der Waals surface area contributed by atoms with Crippen molar-refractivity contribution in [3.05, 3.63) is 42.4 Å². The molecule has 27 heavy (non-hydrogen) atoms. The van der Waals surface area contributed by atoms with Crippen LogP contribution in [-0.2, 0) is 10.2 Å². The van der Waals surface area contributed by atoms with Crippen LogP contribution in [0.1, 0.15) is 33.4 Å². The maximum atomic E-state index is 10.7. The van der Waals surface area contributed by atoms with Gasteiger partial charge in [-0.2, -0.15) is 5.26 Å². The summed E-state index contributed by atoms with van der Waals surface area (Å²) >= 11 is 1.28. The highest BCUT2D eigenvalue weighted by atomic mass is 32.2. The quantitative estimate of drug-likeness (QED) is 0.624. The number of benzene rings is 1. The molecule has 0 radical (unpaired) electrons. The van der Waals surface area contributed by atoms with E-state index in [-0.39, 0.29) is 5.75 Å². The number of hydrogen-bond acceptors (Lipinski definition) is 5. The molecule has 0 aliphatic rings. The van der Waals surface area contributed by atoms with Gasteiger partial charge in [0.1, 0.15) is 6.33 Å². The summed E-state index contributed by atoms with van der Waals surface area (Å²) in [5, 5.41) is 19.0. The Labute approximate surface area is 162 Å². The lowest BCUT2D eigenvalue weighted by Gasteiger charge is -2.14. The largest absolute Gasteiger partial charge is 0.481 e. The van der Waals surface area contributed by atoms with Crippen molar-refractivity contribution in [1.82, 2.24) is 15.0 Å². The minimum atomic E-state index is -0.839. The summed E-state index contributed by atoms with van der Waals surface area (Å²) in [5.41, 5.74) is 2.45. The fourth-order valence-electron chi connectivity index (χ4n) is 2.39. The minimum Gasteiger partial charge on any atom is -0.481 e. The van der Waals surface area contributed by atoms with Gasteiger partial charge in [0, 0.05) is 15.8 Å². The van der Waals surface area contributed by atoms with E-state index in [4.69, 9.17) is 5.11 Å². The van der Waals surface area contributed by atoms with Gasteiger partial charge in [-0.25, -0.2) is 9.97 Å². The van der Waals surface area contributed by atoms with E-state index in [1.54, 1.807) is 0 Å². The second-order valence-corrected chi connectivity index (χ2v) is 7.19. The second kappa shape index (κ2) is 8.69. The number of aliphatic carboxylic acids is 1. The van der Waals surface area contributed by atoms with Gasteiger partial charge in [-0.3, -0.25) is 4.79 Å². The number of carboxylic acids is 1. The van der Waals surface area contributed by atoms with Crippen LogP contribution in [0.2, 0.25) is 0 Å². The van der Waals surface area contributed by atoms with Crippen molar-refractivity contribution in [2.45, 2.75) is 38.0 Å². The SMILES string of the molecule is CC.CC(C)(C#N)c1cc(-c2cc3cc(SCC(=O)O)ccc3[nH]2)ncn1. The Morgan fingerprint density at radius 1 is 1.26 bits per heavy atom. The molecular formula is C20H22N4O2S. The Morgan fingerprint density at radius 2 is 2.00 bits per heavy atom. The molecule has 3 rings (SSSR count). The Kier molecular flexibility index (Phi) is 6.59. The Morgan fingerprint density at radius 3 is 2.67 bits per heavy atom. The van der Waals surface area contributed by atoms with Crippen LogP contribution in [0.5, 0.6) is 0 Å². The standard InChI is InChI=1S/C18H16N4O2S.C2H6/c1-18(2,9-19)16-7-14(20-10-21-16)15-6-11-5-12(25-8-17(23)24)3-4-13(11)22-15;1-2/h3-7,10,22H,8H2,1-2H3,(H,23,24);1-2H3. The lowest BCUT2D eigenvalue weighted by atomic mass is 9.90. The van der Waals surface area contributed by atoms with Crippen LogP contribution in [0.15, 0.2) is 41.6 Å². The van der Waals surface area contributed by atoms with Gasteiger partial charge in [0.05, 0.1) is 34.3 Å². The molecule has 2 N–H and O–H groups in total. The topological polar surface area (TPSA) is 103 Å². The van der Waals surface area contributed by atoms with Gasteiger partial charge < -0.3 is 10.1 Å². The highest BCUT2D eigenvalue weighted by Crippen LogP contribution is 2.29. The summed E-state index contributed by atoms with van der Waals surface area (Å²) in [7, 11) is 0. The Hall–Kier alpha value is -2.85. The predicted octanol–water partition coefficient (Wildman–Crippen LogP) is 4.63. The van der Waals surface area contributed by atoms with Crippen molar-refractivity contribution in [2.75, 3.05) is 5.75 Å². The molecule has 0 fully saturated rings. The van der Waals surface area contributed by atoms with Crippen molar-refractivity contribution in [1.29, 1.82) is 5.26 Å². The number of fused-ring (bicyclic) bond motifs is 1. The van der Waals surface area contributed by atoms with E-state index in [0.29, 0.717) is 11.4 Å². The molecule has 7 heteroatoms. The lowest BCUT2D eigenvalue weighted by Crippen LogP contribution is -2.16. The number of carboxylic acid groups (broad SMARTS) is 1. The number of H-pyrrole nitrogens is 1. The number of aromatic nitrogens is 3. The molecule has 1 aromatic carbocycles. The van der Waals surface area contributed by atoms with E-state index in [2.05, 4.69) is 21.0 Å². The van der Waals surface area contributed by atoms with Gasteiger partial charge in [-0.1, -0.05) is 13.8 Å². The third kappa shape index (κ3) is 4.86. The van der Waals surface area contributed by atoms with E-state index in [1.165, 1.54) is 18.1 Å². The van der Waals surface area contributed by atoms with E-state index in [0.717, 1.165) is 21.5 Å². The first kappa shape index (κ1) is 20.5. The molecule has 3 aromatic rings. The van der Waals surface area contributed by atoms with Crippen molar-refractivity contribution < 1.29 is 9.90 Å². The number of aromatic amines is 1. The first-order chi connectivity index (χ1) is 12.9. The van der Waals surface area contributed by atoms with Gasteiger partial charge in [-0.05, 0) is 44.2 Å². The van der Waals surface area contributed by atoms with Crippen molar-refractivity contribution in [3.63, 3.8) is 0 Å². The monoisotopic (exact) mass is 382 g/mol. The molecule has 0 saturated carbocycles. The van der Waals surface area contributed by atoms with Crippen LogP contribution in [-0.4, -0.2) is 31.8 Å². The second-order valence-electron chi connectivity index (χ2n) is 6.14. The maximum Gasteiger partial charge on any atom is 0.313 e. The van der Waals surface area contributed by atoms with Gasteiger partial charge in [0.15, 0.2) is 0 Å². The molecule has 0 aliphatic heterocycles. The van der Waals surface area contributed by atoms with E-state index in [9.17, 15) is 10.1 Å². The Balaban J connectivity index is 0.00000126. The first-order valence-electron chi connectivity index (χ1n) is 8.60. The zero-order valence-electron chi connectivity index (χ0n) is 15.8. The van der Waals surface area contributed by atoms with Crippen molar-refractivity contribution in [2.24, 2.45) is 0 Å². The van der Waals surface area contributed by atoms with E-state index < -0.39 is 11.4 Å². The summed E-state index contributed by atoms with van der Waals surface area (Å²) < 4.78 is 0. The number of hydrogen-bond donors (Lipinski definition) is 2. The molecule has 0 amide bonds. The van der Waals surface area contributed by atoms with Crippen LogP contribution in [0.3, 0.4) is 0 Å². The van der Waals surface area contributed by atoms with Crippen LogP contribution < -0.4 is 0 Å². The number of carbonyl (C=O) groups is 1. The van der Waals surface area contributed by atoms with Crippen LogP contribution in [0.4, 0.5) is 0 Å². The Bertz CT molecular complexity index is 989. The van der Waals surface area contributed by atoms with Crippen LogP contribution >= 0.6 is 11.8 Å². The van der Waals surface area contributed by atoms with Crippen LogP contribution in [0.25, 0.3) is 22.3 Å². The molecule has 2 heterocycles.